The highest BCUT2D eigenvalue weighted by Crippen LogP contribution is 2.13. The van der Waals surface area contributed by atoms with Crippen LogP contribution in [-0.4, -0.2) is 62.0 Å². The van der Waals surface area contributed by atoms with Crippen LogP contribution in [0.5, 0.6) is 0 Å². The number of rotatable bonds is 5. The molecule has 0 unspecified atom stereocenters. The SMILES string of the molecule is COCC(=O)N1CCC(OCCO)CC1. The fourth-order valence-electron chi connectivity index (χ4n) is 1.71. The highest BCUT2D eigenvalue weighted by molar-refractivity contribution is 5.77. The monoisotopic (exact) mass is 217 g/mol. The zero-order chi connectivity index (χ0) is 11.1. The summed E-state index contributed by atoms with van der Waals surface area (Å²) in [6.45, 7) is 2.04. The minimum absolute atomic E-state index is 0.0399. The molecular formula is C10H19NO4. The summed E-state index contributed by atoms with van der Waals surface area (Å²) in [4.78, 5) is 13.2. The highest BCUT2D eigenvalue weighted by Gasteiger charge is 2.22. The van der Waals surface area contributed by atoms with Gasteiger partial charge in [0, 0.05) is 20.2 Å². The van der Waals surface area contributed by atoms with E-state index < -0.39 is 0 Å². The molecule has 88 valence electrons. The van der Waals surface area contributed by atoms with Crippen molar-refractivity contribution in [1.82, 2.24) is 4.90 Å². The molecule has 1 aliphatic heterocycles. The molecule has 0 saturated carbocycles. The molecule has 0 aromatic rings. The van der Waals surface area contributed by atoms with E-state index in [0.717, 1.165) is 25.9 Å². The second kappa shape index (κ2) is 6.76. The van der Waals surface area contributed by atoms with Crippen LogP contribution in [0.25, 0.3) is 0 Å². The van der Waals surface area contributed by atoms with Crippen LogP contribution in [0.3, 0.4) is 0 Å². The highest BCUT2D eigenvalue weighted by atomic mass is 16.5. The van der Waals surface area contributed by atoms with Gasteiger partial charge in [0.15, 0.2) is 0 Å². The van der Waals surface area contributed by atoms with Crippen molar-refractivity contribution < 1.29 is 19.4 Å². The Kier molecular flexibility index (Phi) is 5.60. The van der Waals surface area contributed by atoms with E-state index in [-0.39, 0.29) is 25.2 Å². The van der Waals surface area contributed by atoms with Crippen LogP contribution < -0.4 is 0 Å². The van der Waals surface area contributed by atoms with Gasteiger partial charge in [0.2, 0.25) is 5.91 Å². The van der Waals surface area contributed by atoms with Crippen molar-refractivity contribution in [2.75, 3.05) is 40.0 Å². The third-order valence-corrected chi connectivity index (χ3v) is 2.51. The molecule has 0 atom stereocenters. The van der Waals surface area contributed by atoms with Gasteiger partial charge in [0.25, 0.3) is 0 Å². The van der Waals surface area contributed by atoms with Crippen LogP contribution in [0.15, 0.2) is 0 Å². The van der Waals surface area contributed by atoms with Gasteiger partial charge in [0.05, 0.1) is 19.3 Å². The Hall–Kier alpha value is -0.650. The smallest absolute Gasteiger partial charge is 0.248 e. The van der Waals surface area contributed by atoms with E-state index in [2.05, 4.69) is 0 Å². The van der Waals surface area contributed by atoms with Gasteiger partial charge in [0.1, 0.15) is 6.61 Å². The van der Waals surface area contributed by atoms with Crippen molar-refractivity contribution >= 4 is 5.91 Å². The van der Waals surface area contributed by atoms with Gasteiger partial charge < -0.3 is 19.5 Å². The summed E-state index contributed by atoms with van der Waals surface area (Å²) in [5.74, 6) is 0.0399. The van der Waals surface area contributed by atoms with E-state index >= 15 is 0 Å². The van der Waals surface area contributed by atoms with Gasteiger partial charge in [-0.3, -0.25) is 4.79 Å². The minimum atomic E-state index is 0.0399. The summed E-state index contributed by atoms with van der Waals surface area (Å²) in [6.07, 6.45) is 1.87. The first kappa shape index (κ1) is 12.4. The van der Waals surface area contributed by atoms with Crippen LogP contribution in [0.4, 0.5) is 0 Å². The predicted octanol–water partition coefficient (Wildman–Crippen LogP) is -0.367. The Morgan fingerprint density at radius 2 is 2.13 bits per heavy atom. The number of carbonyl (C=O) groups is 1. The molecule has 1 amide bonds. The summed E-state index contributed by atoms with van der Waals surface area (Å²) < 4.78 is 10.2. The number of ether oxygens (including phenoxy) is 2. The van der Waals surface area contributed by atoms with Crippen LogP contribution in [-0.2, 0) is 14.3 Å². The summed E-state index contributed by atoms with van der Waals surface area (Å²) in [6, 6.07) is 0. The maximum Gasteiger partial charge on any atom is 0.248 e. The first-order valence-electron chi connectivity index (χ1n) is 5.27. The molecule has 1 heterocycles. The van der Waals surface area contributed by atoms with Crippen molar-refractivity contribution in [2.24, 2.45) is 0 Å². The number of aliphatic hydroxyl groups excluding tert-OH is 1. The van der Waals surface area contributed by atoms with E-state index in [0.29, 0.717) is 6.61 Å². The number of hydrogen-bond donors (Lipinski definition) is 1. The van der Waals surface area contributed by atoms with Crippen LogP contribution >= 0.6 is 0 Å². The number of hydrogen-bond acceptors (Lipinski definition) is 4. The largest absolute Gasteiger partial charge is 0.394 e. The Bertz CT molecular complexity index is 190. The van der Waals surface area contributed by atoms with Crippen molar-refractivity contribution in [3.63, 3.8) is 0 Å². The van der Waals surface area contributed by atoms with Crippen molar-refractivity contribution in [3.8, 4) is 0 Å². The molecule has 15 heavy (non-hydrogen) atoms. The molecule has 5 heteroatoms. The quantitative estimate of drug-likeness (QED) is 0.683. The first-order valence-corrected chi connectivity index (χ1v) is 5.27. The van der Waals surface area contributed by atoms with Gasteiger partial charge in [-0.25, -0.2) is 0 Å². The molecule has 1 rings (SSSR count). The van der Waals surface area contributed by atoms with E-state index in [1.807, 2.05) is 0 Å². The average Bonchev–Trinajstić information content (AvgIpc) is 2.27. The lowest BCUT2D eigenvalue weighted by molar-refractivity contribution is -0.137. The Morgan fingerprint density at radius 3 is 2.67 bits per heavy atom. The van der Waals surface area contributed by atoms with Crippen LogP contribution in [0, 0.1) is 0 Å². The number of amides is 1. The Balaban J connectivity index is 2.20. The van der Waals surface area contributed by atoms with E-state index in [9.17, 15) is 4.79 Å². The lowest BCUT2D eigenvalue weighted by atomic mass is 10.1. The number of aliphatic hydroxyl groups is 1. The summed E-state index contributed by atoms with van der Waals surface area (Å²) in [5, 5.41) is 8.60. The number of likely N-dealkylation sites (tertiary alicyclic amines) is 1. The Labute approximate surface area is 90.0 Å². The molecule has 0 spiro atoms. The fourth-order valence-corrected chi connectivity index (χ4v) is 1.71. The molecule has 0 radical (unpaired) electrons. The third-order valence-electron chi connectivity index (χ3n) is 2.51. The third kappa shape index (κ3) is 4.15. The van der Waals surface area contributed by atoms with E-state index in [4.69, 9.17) is 14.6 Å². The van der Waals surface area contributed by atoms with Gasteiger partial charge in [-0.15, -0.1) is 0 Å². The van der Waals surface area contributed by atoms with Crippen molar-refractivity contribution in [1.29, 1.82) is 0 Å². The molecule has 0 bridgehead atoms. The lowest BCUT2D eigenvalue weighted by Crippen LogP contribution is -2.42. The van der Waals surface area contributed by atoms with Gasteiger partial charge in [-0.2, -0.15) is 0 Å². The standard InChI is InChI=1S/C10H19NO4/c1-14-8-10(13)11-4-2-9(3-5-11)15-7-6-12/h9,12H,2-8H2,1H3. The zero-order valence-electron chi connectivity index (χ0n) is 9.15. The minimum Gasteiger partial charge on any atom is -0.394 e. The van der Waals surface area contributed by atoms with E-state index in [1.54, 1.807) is 4.90 Å². The fraction of sp³-hybridized carbons (Fsp3) is 0.900. The van der Waals surface area contributed by atoms with Gasteiger partial charge in [-0.05, 0) is 12.8 Å². The molecule has 1 N–H and O–H groups in total. The topological polar surface area (TPSA) is 59.0 Å². The molecule has 1 fully saturated rings. The molecule has 0 aromatic heterocycles. The van der Waals surface area contributed by atoms with Crippen LogP contribution in [0.2, 0.25) is 0 Å². The molecule has 1 saturated heterocycles. The Morgan fingerprint density at radius 1 is 1.47 bits per heavy atom. The second-order valence-corrected chi connectivity index (χ2v) is 3.61. The second-order valence-electron chi connectivity index (χ2n) is 3.61. The van der Waals surface area contributed by atoms with Crippen LogP contribution in [0.1, 0.15) is 12.8 Å². The average molecular weight is 217 g/mol. The van der Waals surface area contributed by atoms with Gasteiger partial charge >= 0.3 is 0 Å². The molecule has 0 aliphatic carbocycles. The molecular weight excluding hydrogens is 198 g/mol. The normalized spacial score (nSPS) is 18.1. The van der Waals surface area contributed by atoms with Gasteiger partial charge in [-0.1, -0.05) is 0 Å². The summed E-state index contributed by atoms with van der Waals surface area (Å²) in [7, 11) is 1.52. The summed E-state index contributed by atoms with van der Waals surface area (Å²) >= 11 is 0. The van der Waals surface area contributed by atoms with E-state index in [1.165, 1.54) is 7.11 Å². The summed E-state index contributed by atoms with van der Waals surface area (Å²) in [5.41, 5.74) is 0. The molecule has 0 aromatic carbocycles. The zero-order valence-corrected chi connectivity index (χ0v) is 9.15. The maximum absolute atomic E-state index is 11.4. The maximum atomic E-state index is 11.4. The first-order chi connectivity index (χ1) is 7.27. The predicted molar refractivity (Wildman–Crippen MR) is 54.5 cm³/mol. The molecule has 1 aliphatic rings. The molecule has 5 nitrogen and oxygen atoms in total. The van der Waals surface area contributed by atoms with Crippen molar-refractivity contribution in [2.45, 2.75) is 18.9 Å². The number of piperidine rings is 1. The lowest BCUT2D eigenvalue weighted by Gasteiger charge is -2.31. The number of carbonyl (C=O) groups excluding carboxylic acids is 1. The van der Waals surface area contributed by atoms with Crippen molar-refractivity contribution in [3.05, 3.63) is 0 Å². The number of nitrogens with zero attached hydrogens (tertiary/aromatic N) is 1. The number of methoxy groups -OCH3 is 1.